The normalized spacial score (nSPS) is 24.0. The molecule has 0 saturated carbocycles. The van der Waals surface area contributed by atoms with Crippen LogP contribution in [-0.4, -0.2) is 45.8 Å². The summed E-state index contributed by atoms with van der Waals surface area (Å²) in [5.41, 5.74) is 0. The van der Waals surface area contributed by atoms with Gasteiger partial charge in [-0.2, -0.15) is 0 Å². The van der Waals surface area contributed by atoms with E-state index in [0.29, 0.717) is 43.0 Å². The van der Waals surface area contributed by atoms with Crippen LogP contribution in [0.15, 0.2) is 24.3 Å². The molecule has 23 heavy (non-hydrogen) atoms. The first-order valence-corrected chi connectivity index (χ1v) is 8.44. The summed E-state index contributed by atoms with van der Waals surface area (Å²) in [5, 5.41) is 2.94. The van der Waals surface area contributed by atoms with Crippen molar-refractivity contribution in [3.8, 4) is 11.5 Å². The minimum absolute atomic E-state index is 0.102. The van der Waals surface area contributed by atoms with Gasteiger partial charge in [-0.15, -0.1) is 0 Å². The predicted octanol–water partition coefficient (Wildman–Crippen LogP) is 0.751. The lowest BCUT2D eigenvalue weighted by molar-refractivity contribution is -0.904. The van der Waals surface area contributed by atoms with E-state index in [4.69, 9.17) is 9.47 Å². The Morgan fingerprint density at radius 1 is 1.22 bits per heavy atom. The van der Waals surface area contributed by atoms with Crippen LogP contribution in [0.4, 0.5) is 0 Å². The largest absolute Gasteiger partial charge is 0.493 e. The highest BCUT2D eigenvalue weighted by molar-refractivity contribution is 5.76. The van der Waals surface area contributed by atoms with Crippen LogP contribution < -0.4 is 19.7 Å². The number of carbonyl (C=O) groups excluding carboxylic acids is 1. The van der Waals surface area contributed by atoms with Crippen LogP contribution in [0.1, 0.15) is 20.3 Å². The predicted molar refractivity (Wildman–Crippen MR) is 90.0 cm³/mol. The Bertz CT molecular complexity index is 497. The number of likely N-dealkylation sites (tertiary alicyclic amines) is 1. The minimum atomic E-state index is 0.102. The van der Waals surface area contributed by atoms with Gasteiger partial charge in [0.1, 0.15) is 6.61 Å². The van der Waals surface area contributed by atoms with E-state index >= 15 is 0 Å². The maximum Gasteiger partial charge on any atom is 0.275 e. The third kappa shape index (κ3) is 5.75. The summed E-state index contributed by atoms with van der Waals surface area (Å²) in [6.07, 6.45) is 1.28. The number of benzene rings is 1. The third-order valence-corrected chi connectivity index (χ3v) is 4.24. The van der Waals surface area contributed by atoms with Crippen molar-refractivity contribution in [3.63, 3.8) is 0 Å². The number of para-hydroxylation sites is 2. The molecule has 1 unspecified atom stereocenters. The van der Waals surface area contributed by atoms with Crippen LogP contribution >= 0.6 is 0 Å². The van der Waals surface area contributed by atoms with Crippen molar-refractivity contribution in [1.29, 1.82) is 0 Å². The zero-order valence-corrected chi connectivity index (χ0v) is 14.4. The van der Waals surface area contributed by atoms with Crippen molar-refractivity contribution in [2.24, 2.45) is 11.8 Å². The number of quaternary nitrogens is 1. The summed E-state index contributed by atoms with van der Waals surface area (Å²) in [6, 6.07) is 7.52. The van der Waals surface area contributed by atoms with E-state index in [9.17, 15) is 4.79 Å². The fourth-order valence-electron chi connectivity index (χ4n) is 3.45. The molecule has 5 heteroatoms. The van der Waals surface area contributed by atoms with Gasteiger partial charge in [-0.25, -0.2) is 0 Å². The van der Waals surface area contributed by atoms with E-state index in [-0.39, 0.29) is 5.91 Å². The molecule has 1 aliphatic rings. The number of hydrogen-bond acceptors (Lipinski definition) is 3. The summed E-state index contributed by atoms with van der Waals surface area (Å²) in [7, 11) is 1.62. The number of carbonyl (C=O) groups is 1. The molecule has 3 atom stereocenters. The van der Waals surface area contributed by atoms with Gasteiger partial charge in [0.15, 0.2) is 18.0 Å². The van der Waals surface area contributed by atoms with E-state index in [1.54, 1.807) is 7.11 Å². The van der Waals surface area contributed by atoms with E-state index in [1.165, 1.54) is 11.3 Å². The first kappa shape index (κ1) is 17.6. The number of rotatable bonds is 7. The maximum atomic E-state index is 12.0. The van der Waals surface area contributed by atoms with Crippen LogP contribution in [0, 0.1) is 11.8 Å². The topological polar surface area (TPSA) is 52.0 Å². The number of amides is 1. The highest BCUT2D eigenvalue weighted by Gasteiger charge is 2.26. The molecule has 1 saturated heterocycles. The summed E-state index contributed by atoms with van der Waals surface area (Å²) >= 11 is 0. The lowest BCUT2D eigenvalue weighted by Gasteiger charge is -2.31. The van der Waals surface area contributed by atoms with Gasteiger partial charge in [-0.05, 0) is 18.6 Å². The molecule has 0 aromatic heterocycles. The first-order valence-electron chi connectivity index (χ1n) is 8.44. The Balaban J connectivity index is 1.67. The second kappa shape index (κ2) is 8.77. The van der Waals surface area contributed by atoms with E-state index in [2.05, 4.69) is 19.2 Å². The fraction of sp³-hybridized carbons (Fsp3) is 0.611. The van der Waals surface area contributed by atoms with Gasteiger partial charge in [-0.3, -0.25) is 4.79 Å². The van der Waals surface area contributed by atoms with Gasteiger partial charge >= 0.3 is 0 Å². The molecule has 128 valence electrons. The zero-order valence-electron chi connectivity index (χ0n) is 14.4. The fourth-order valence-corrected chi connectivity index (χ4v) is 3.45. The van der Waals surface area contributed by atoms with Crippen LogP contribution in [0.5, 0.6) is 11.5 Å². The first-order chi connectivity index (χ1) is 11.1. The van der Waals surface area contributed by atoms with Crippen LogP contribution in [-0.2, 0) is 4.79 Å². The van der Waals surface area contributed by atoms with Gasteiger partial charge in [-0.1, -0.05) is 26.0 Å². The molecule has 1 fully saturated rings. The standard InChI is InChI=1S/C18H28N2O3/c1-14-10-15(2)12-20(11-14)13-18(21)19-8-9-23-17-7-5-4-6-16(17)22-3/h4-7,14-15H,8-13H2,1-3H3,(H,19,21)/p+1/t14-,15+. The smallest absolute Gasteiger partial charge is 0.275 e. The third-order valence-electron chi connectivity index (χ3n) is 4.24. The molecule has 2 N–H and O–H groups in total. The van der Waals surface area contributed by atoms with Gasteiger partial charge < -0.3 is 19.7 Å². The molecule has 2 rings (SSSR count). The Labute approximate surface area is 139 Å². The van der Waals surface area contributed by atoms with E-state index in [0.717, 1.165) is 13.1 Å². The average Bonchev–Trinajstić information content (AvgIpc) is 2.51. The molecular formula is C18H29N2O3+. The number of ether oxygens (including phenoxy) is 2. The molecular weight excluding hydrogens is 292 g/mol. The van der Waals surface area contributed by atoms with Gasteiger partial charge in [0.05, 0.1) is 26.7 Å². The molecule has 1 amide bonds. The molecule has 1 aliphatic heterocycles. The number of piperidine rings is 1. The van der Waals surface area contributed by atoms with Crippen molar-refractivity contribution in [2.45, 2.75) is 20.3 Å². The van der Waals surface area contributed by atoms with Gasteiger partial charge in [0.25, 0.3) is 5.91 Å². The molecule has 0 spiro atoms. The monoisotopic (exact) mass is 321 g/mol. The van der Waals surface area contributed by atoms with Gasteiger partial charge in [0, 0.05) is 11.8 Å². The molecule has 1 heterocycles. The number of methoxy groups -OCH3 is 1. The molecule has 1 aromatic carbocycles. The van der Waals surface area contributed by atoms with Crippen molar-refractivity contribution >= 4 is 5.91 Å². The van der Waals surface area contributed by atoms with E-state index in [1.807, 2.05) is 24.3 Å². The zero-order chi connectivity index (χ0) is 16.7. The molecule has 0 radical (unpaired) electrons. The molecule has 1 aromatic rings. The van der Waals surface area contributed by atoms with Crippen LogP contribution in [0.25, 0.3) is 0 Å². The van der Waals surface area contributed by atoms with Crippen LogP contribution in [0.2, 0.25) is 0 Å². The Hall–Kier alpha value is -1.75. The average molecular weight is 321 g/mol. The van der Waals surface area contributed by atoms with E-state index < -0.39 is 0 Å². The summed E-state index contributed by atoms with van der Waals surface area (Å²) in [4.78, 5) is 13.4. The lowest BCUT2D eigenvalue weighted by Crippen LogP contribution is -3.15. The molecule has 5 nitrogen and oxygen atoms in total. The Morgan fingerprint density at radius 2 is 1.87 bits per heavy atom. The SMILES string of the molecule is COc1ccccc1OCCNC(=O)C[NH+]1C[C@H](C)C[C@H](C)C1. The Morgan fingerprint density at radius 3 is 2.52 bits per heavy atom. The van der Waals surface area contributed by atoms with Gasteiger partial charge in [0.2, 0.25) is 0 Å². The minimum Gasteiger partial charge on any atom is -0.493 e. The molecule has 0 bridgehead atoms. The summed E-state index contributed by atoms with van der Waals surface area (Å²) in [5.74, 6) is 2.92. The van der Waals surface area contributed by atoms with Crippen LogP contribution in [0.3, 0.4) is 0 Å². The Kier molecular flexibility index (Phi) is 6.71. The van der Waals surface area contributed by atoms with Crippen molar-refractivity contribution in [3.05, 3.63) is 24.3 Å². The second-order valence-electron chi connectivity index (χ2n) is 6.63. The quantitative estimate of drug-likeness (QED) is 0.729. The highest BCUT2D eigenvalue weighted by atomic mass is 16.5. The lowest BCUT2D eigenvalue weighted by atomic mass is 9.92. The maximum absolute atomic E-state index is 12.0. The van der Waals surface area contributed by atoms with Crippen molar-refractivity contribution in [2.75, 3.05) is 39.9 Å². The van der Waals surface area contributed by atoms with Crippen molar-refractivity contribution < 1.29 is 19.2 Å². The summed E-state index contributed by atoms with van der Waals surface area (Å²) < 4.78 is 10.9. The summed E-state index contributed by atoms with van der Waals surface area (Å²) in [6.45, 7) is 8.24. The number of hydrogen-bond donors (Lipinski definition) is 2. The highest BCUT2D eigenvalue weighted by Crippen LogP contribution is 2.25. The molecule has 0 aliphatic carbocycles. The number of nitrogens with one attached hydrogen (secondary N) is 2. The second-order valence-corrected chi connectivity index (χ2v) is 6.63. The van der Waals surface area contributed by atoms with Crippen molar-refractivity contribution in [1.82, 2.24) is 5.32 Å².